The molecule has 1 N–H and O–H groups in total. The van der Waals surface area contributed by atoms with E-state index in [1.54, 1.807) is 16.7 Å². The number of amides is 1. The van der Waals surface area contributed by atoms with E-state index in [1.165, 1.54) is 0 Å². The molecule has 13 heavy (non-hydrogen) atoms. The summed E-state index contributed by atoms with van der Waals surface area (Å²) in [6, 6.07) is 0.172. The predicted octanol–water partition coefficient (Wildman–Crippen LogP) is 0.425. The predicted molar refractivity (Wildman–Crippen MR) is 50.8 cm³/mol. The van der Waals surface area contributed by atoms with Crippen LogP contribution in [-0.2, 0) is 9.59 Å². The summed E-state index contributed by atoms with van der Waals surface area (Å²) in [6.07, 6.45) is -0.380. The van der Waals surface area contributed by atoms with E-state index in [0.29, 0.717) is 6.54 Å². The zero-order valence-corrected chi connectivity index (χ0v) is 8.34. The van der Waals surface area contributed by atoms with Crippen LogP contribution in [0.15, 0.2) is 0 Å². The highest BCUT2D eigenvalue weighted by Crippen LogP contribution is 2.16. The zero-order valence-electron chi connectivity index (χ0n) is 7.52. The summed E-state index contributed by atoms with van der Waals surface area (Å²) in [5, 5.41) is 8.45. The number of carbonyl (C=O) groups is 2. The molecule has 0 saturated carbocycles. The fraction of sp³-hybridized carbons (Fsp3) is 0.750. The van der Waals surface area contributed by atoms with Crippen molar-refractivity contribution in [1.82, 2.24) is 4.90 Å². The monoisotopic (exact) mass is 203 g/mol. The first-order chi connectivity index (χ1) is 6.11. The molecule has 1 saturated heterocycles. The number of carboxylic acids is 1. The van der Waals surface area contributed by atoms with Gasteiger partial charge in [0.05, 0.1) is 0 Å². The maximum Gasteiger partial charge on any atom is 0.312 e. The van der Waals surface area contributed by atoms with Crippen LogP contribution in [0.4, 0.5) is 0 Å². The molecule has 1 heterocycles. The number of carboxylic acid groups (broad SMARTS) is 1. The van der Waals surface area contributed by atoms with E-state index >= 15 is 0 Å². The van der Waals surface area contributed by atoms with Crippen molar-refractivity contribution in [2.45, 2.75) is 19.4 Å². The van der Waals surface area contributed by atoms with Crippen LogP contribution in [0.2, 0.25) is 0 Å². The minimum Gasteiger partial charge on any atom is -0.481 e. The molecule has 74 valence electrons. The van der Waals surface area contributed by atoms with Crippen molar-refractivity contribution < 1.29 is 14.7 Å². The second-order valence-electron chi connectivity index (χ2n) is 3.08. The fourth-order valence-corrected chi connectivity index (χ4v) is 2.34. The summed E-state index contributed by atoms with van der Waals surface area (Å²) in [7, 11) is 0. The van der Waals surface area contributed by atoms with Crippen molar-refractivity contribution in [3.63, 3.8) is 0 Å². The number of nitrogens with zero attached hydrogens (tertiary/aromatic N) is 1. The first kappa shape index (κ1) is 10.4. The highest BCUT2D eigenvalue weighted by atomic mass is 32.2. The van der Waals surface area contributed by atoms with Gasteiger partial charge in [0.15, 0.2) is 0 Å². The Kier molecular flexibility index (Phi) is 3.59. The van der Waals surface area contributed by atoms with Gasteiger partial charge in [-0.1, -0.05) is 0 Å². The first-order valence-corrected chi connectivity index (χ1v) is 5.35. The van der Waals surface area contributed by atoms with Gasteiger partial charge in [-0.2, -0.15) is 11.8 Å². The fourth-order valence-electron chi connectivity index (χ4n) is 1.33. The Morgan fingerprint density at radius 2 is 2.31 bits per heavy atom. The van der Waals surface area contributed by atoms with Gasteiger partial charge in [-0.15, -0.1) is 0 Å². The second kappa shape index (κ2) is 4.50. The first-order valence-electron chi connectivity index (χ1n) is 4.20. The Labute approximate surface area is 81.3 Å². The van der Waals surface area contributed by atoms with Crippen molar-refractivity contribution >= 4 is 23.6 Å². The molecule has 1 amide bonds. The zero-order chi connectivity index (χ0) is 9.84. The summed E-state index contributed by atoms with van der Waals surface area (Å²) in [4.78, 5) is 23.3. The van der Waals surface area contributed by atoms with E-state index in [1.807, 2.05) is 6.92 Å². The number of rotatable bonds is 2. The van der Waals surface area contributed by atoms with E-state index in [2.05, 4.69) is 0 Å². The molecular formula is C8H13NO3S. The molecule has 1 unspecified atom stereocenters. The third-order valence-electron chi connectivity index (χ3n) is 1.99. The van der Waals surface area contributed by atoms with Crippen molar-refractivity contribution in [3.8, 4) is 0 Å². The summed E-state index contributed by atoms with van der Waals surface area (Å²) in [5.74, 6) is 0.511. The smallest absolute Gasteiger partial charge is 0.312 e. The van der Waals surface area contributed by atoms with Crippen LogP contribution >= 0.6 is 11.8 Å². The summed E-state index contributed by atoms with van der Waals surface area (Å²) >= 11 is 1.80. The van der Waals surface area contributed by atoms with Crippen LogP contribution in [-0.4, -0.2) is 46.0 Å². The number of aliphatic carboxylic acids is 1. The van der Waals surface area contributed by atoms with Gasteiger partial charge in [-0.05, 0) is 6.92 Å². The van der Waals surface area contributed by atoms with Gasteiger partial charge in [0, 0.05) is 24.1 Å². The van der Waals surface area contributed by atoms with Crippen molar-refractivity contribution in [3.05, 3.63) is 0 Å². The Morgan fingerprint density at radius 3 is 2.85 bits per heavy atom. The number of thioether (sulfide) groups is 1. The lowest BCUT2D eigenvalue weighted by Gasteiger charge is -2.32. The van der Waals surface area contributed by atoms with Gasteiger partial charge in [-0.3, -0.25) is 9.59 Å². The molecule has 0 spiro atoms. The van der Waals surface area contributed by atoms with Crippen LogP contribution in [0.3, 0.4) is 0 Å². The van der Waals surface area contributed by atoms with E-state index in [4.69, 9.17) is 5.11 Å². The van der Waals surface area contributed by atoms with Crippen LogP contribution in [0.1, 0.15) is 13.3 Å². The lowest BCUT2D eigenvalue weighted by Crippen LogP contribution is -2.45. The normalized spacial score (nSPS) is 22.8. The third kappa shape index (κ3) is 2.91. The molecule has 0 radical (unpaired) electrons. The molecule has 4 nitrogen and oxygen atoms in total. The SMILES string of the molecule is CC1CSCCN1C(=O)CC(=O)O. The Morgan fingerprint density at radius 1 is 1.62 bits per heavy atom. The average molecular weight is 203 g/mol. The minimum atomic E-state index is -1.05. The maximum absolute atomic E-state index is 11.4. The molecule has 1 aliphatic rings. The largest absolute Gasteiger partial charge is 0.481 e. The van der Waals surface area contributed by atoms with Crippen molar-refractivity contribution in [2.24, 2.45) is 0 Å². The standard InChI is InChI=1S/C8H13NO3S/c1-6-5-13-3-2-9(6)7(10)4-8(11)12/h6H,2-5H2,1H3,(H,11,12). The molecule has 1 fully saturated rings. The Hall–Kier alpha value is -0.710. The molecule has 0 aliphatic carbocycles. The summed E-state index contributed by atoms with van der Waals surface area (Å²) in [5.41, 5.74) is 0. The Bertz CT molecular complexity index is 219. The van der Waals surface area contributed by atoms with Crippen LogP contribution in [0.25, 0.3) is 0 Å². The molecular weight excluding hydrogens is 190 g/mol. The molecule has 1 aliphatic heterocycles. The highest BCUT2D eigenvalue weighted by molar-refractivity contribution is 7.99. The molecule has 5 heteroatoms. The highest BCUT2D eigenvalue weighted by Gasteiger charge is 2.24. The molecule has 1 atom stereocenters. The average Bonchev–Trinajstić information content (AvgIpc) is 2.03. The number of hydrogen-bond donors (Lipinski definition) is 1. The van der Waals surface area contributed by atoms with Crippen molar-refractivity contribution in [1.29, 1.82) is 0 Å². The van der Waals surface area contributed by atoms with Crippen LogP contribution in [0.5, 0.6) is 0 Å². The molecule has 0 aromatic heterocycles. The third-order valence-corrected chi connectivity index (χ3v) is 3.18. The quantitative estimate of drug-likeness (QED) is 0.661. The van der Waals surface area contributed by atoms with Gasteiger partial charge >= 0.3 is 5.97 Å². The van der Waals surface area contributed by atoms with E-state index < -0.39 is 5.97 Å². The lowest BCUT2D eigenvalue weighted by molar-refractivity contribution is -0.144. The van der Waals surface area contributed by atoms with Gasteiger partial charge in [0.25, 0.3) is 0 Å². The molecule has 0 bridgehead atoms. The van der Waals surface area contributed by atoms with E-state index in [-0.39, 0.29) is 18.4 Å². The van der Waals surface area contributed by atoms with Gasteiger partial charge < -0.3 is 10.0 Å². The topological polar surface area (TPSA) is 57.6 Å². The van der Waals surface area contributed by atoms with Gasteiger partial charge in [0.1, 0.15) is 6.42 Å². The summed E-state index contributed by atoms with van der Waals surface area (Å²) < 4.78 is 0. The second-order valence-corrected chi connectivity index (χ2v) is 4.23. The maximum atomic E-state index is 11.4. The van der Waals surface area contributed by atoms with Gasteiger partial charge in [0.2, 0.25) is 5.91 Å². The molecule has 0 aromatic rings. The van der Waals surface area contributed by atoms with Gasteiger partial charge in [-0.25, -0.2) is 0 Å². The summed E-state index contributed by atoms with van der Waals surface area (Å²) in [6.45, 7) is 2.63. The number of carbonyl (C=O) groups excluding carboxylic acids is 1. The molecule has 0 aromatic carbocycles. The Balaban J connectivity index is 2.48. The van der Waals surface area contributed by atoms with E-state index in [0.717, 1.165) is 11.5 Å². The van der Waals surface area contributed by atoms with Crippen molar-refractivity contribution in [2.75, 3.05) is 18.1 Å². The minimum absolute atomic E-state index is 0.172. The molecule has 1 rings (SSSR count). The number of hydrogen-bond acceptors (Lipinski definition) is 3. The van der Waals surface area contributed by atoms with E-state index in [9.17, 15) is 9.59 Å². The van der Waals surface area contributed by atoms with Crippen LogP contribution < -0.4 is 0 Å². The van der Waals surface area contributed by atoms with Crippen LogP contribution in [0, 0.1) is 0 Å². The lowest BCUT2D eigenvalue weighted by atomic mass is 10.2.